The van der Waals surface area contributed by atoms with Crippen molar-refractivity contribution < 1.29 is 4.39 Å². The van der Waals surface area contributed by atoms with Gasteiger partial charge < -0.3 is 0 Å². The smallest absolute Gasteiger partial charge is 0.295 e. The highest BCUT2D eigenvalue weighted by atomic mass is 35.5. The van der Waals surface area contributed by atoms with E-state index >= 15 is 0 Å². The second-order valence-electron chi connectivity index (χ2n) is 4.44. The van der Waals surface area contributed by atoms with Gasteiger partial charge in [-0.2, -0.15) is 4.39 Å². The predicted octanol–water partition coefficient (Wildman–Crippen LogP) is 2.44. The minimum atomic E-state index is -1.17. The van der Waals surface area contributed by atoms with Crippen LogP contribution in [0.1, 0.15) is 25.3 Å². The van der Waals surface area contributed by atoms with E-state index in [1.807, 2.05) is 13.8 Å². The van der Waals surface area contributed by atoms with Gasteiger partial charge in [0.25, 0.3) is 5.56 Å². The lowest BCUT2D eigenvalue weighted by atomic mass is 10.0. The van der Waals surface area contributed by atoms with Gasteiger partial charge in [-0.25, -0.2) is 9.36 Å². The molecule has 0 radical (unpaired) electrons. The van der Waals surface area contributed by atoms with Crippen molar-refractivity contribution in [3.05, 3.63) is 61.6 Å². The van der Waals surface area contributed by atoms with Crippen molar-refractivity contribution in [2.24, 2.45) is 0 Å². The summed E-state index contributed by atoms with van der Waals surface area (Å²) in [5.74, 6) is -0.847. The lowest BCUT2D eigenvalue weighted by Crippen LogP contribution is -2.35. The maximum Gasteiger partial charge on any atom is 0.334 e. The Bertz CT molecular complexity index is 717. The van der Waals surface area contributed by atoms with E-state index < -0.39 is 22.2 Å². The van der Waals surface area contributed by atoms with E-state index in [2.05, 4.69) is 4.98 Å². The monoisotopic (exact) mass is 282 g/mol. The highest BCUT2D eigenvalue weighted by Crippen LogP contribution is 2.15. The first-order valence-corrected chi connectivity index (χ1v) is 6.10. The van der Waals surface area contributed by atoms with Crippen LogP contribution in [0, 0.1) is 5.82 Å². The number of hydrogen-bond donors (Lipinski definition) is 1. The number of aromatic nitrogens is 2. The van der Waals surface area contributed by atoms with Crippen molar-refractivity contribution in [2.45, 2.75) is 19.8 Å². The Morgan fingerprint density at radius 3 is 2.32 bits per heavy atom. The Hall–Kier alpha value is -1.88. The van der Waals surface area contributed by atoms with Crippen molar-refractivity contribution in [3.8, 4) is 5.69 Å². The van der Waals surface area contributed by atoms with Gasteiger partial charge in [0, 0.05) is 0 Å². The van der Waals surface area contributed by atoms with E-state index in [0.717, 1.165) is 5.56 Å². The van der Waals surface area contributed by atoms with E-state index in [1.54, 1.807) is 24.3 Å². The number of rotatable bonds is 2. The Balaban J connectivity index is 2.63. The van der Waals surface area contributed by atoms with E-state index in [9.17, 15) is 14.0 Å². The van der Waals surface area contributed by atoms with Crippen molar-refractivity contribution >= 4 is 11.6 Å². The molecule has 0 saturated heterocycles. The van der Waals surface area contributed by atoms with Crippen LogP contribution in [-0.2, 0) is 0 Å². The molecule has 2 aromatic rings. The number of H-pyrrole nitrogens is 1. The summed E-state index contributed by atoms with van der Waals surface area (Å²) >= 11 is 5.40. The Labute approximate surface area is 113 Å². The average molecular weight is 283 g/mol. The van der Waals surface area contributed by atoms with Crippen LogP contribution < -0.4 is 11.2 Å². The van der Waals surface area contributed by atoms with E-state index in [1.165, 1.54) is 0 Å². The molecule has 4 nitrogen and oxygen atoms in total. The van der Waals surface area contributed by atoms with Crippen LogP contribution in [0.2, 0.25) is 5.15 Å². The quantitative estimate of drug-likeness (QED) is 0.860. The van der Waals surface area contributed by atoms with Gasteiger partial charge in [-0.05, 0) is 23.6 Å². The minimum Gasteiger partial charge on any atom is -0.295 e. The van der Waals surface area contributed by atoms with Crippen LogP contribution in [0.15, 0.2) is 33.9 Å². The van der Waals surface area contributed by atoms with Crippen LogP contribution in [0.4, 0.5) is 4.39 Å². The summed E-state index contributed by atoms with van der Waals surface area (Å²) in [7, 11) is 0. The molecule has 2 rings (SSSR count). The normalized spacial score (nSPS) is 11.0. The molecule has 6 heteroatoms. The van der Waals surface area contributed by atoms with Gasteiger partial charge >= 0.3 is 5.69 Å². The lowest BCUT2D eigenvalue weighted by Gasteiger charge is -2.08. The number of benzene rings is 1. The minimum absolute atomic E-state index is 0.297. The second-order valence-corrected chi connectivity index (χ2v) is 4.82. The predicted molar refractivity (Wildman–Crippen MR) is 71.7 cm³/mol. The Morgan fingerprint density at radius 2 is 1.79 bits per heavy atom. The topological polar surface area (TPSA) is 54.9 Å². The Morgan fingerprint density at radius 1 is 1.21 bits per heavy atom. The first kappa shape index (κ1) is 13.5. The van der Waals surface area contributed by atoms with Gasteiger partial charge in [0.15, 0.2) is 5.15 Å². The van der Waals surface area contributed by atoms with Crippen molar-refractivity contribution in [2.75, 3.05) is 0 Å². The summed E-state index contributed by atoms with van der Waals surface area (Å²) in [5.41, 5.74) is -0.478. The summed E-state index contributed by atoms with van der Waals surface area (Å²) in [6.07, 6.45) is 0. The Kier molecular flexibility index (Phi) is 3.57. The molecule has 0 aliphatic heterocycles. The zero-order chi connectivity index (χ0) is 14.2. The van der Waals surface area contributed by atoms with Crippen LogP contribution in [0.25, 0.3) is 5.69 Å². The fraction of sp³-hybridized carbons (Fsp3) is 0.231. The fourth-order valence-electron chi connectivity index (χ4n) is 1.73. The molecule has 0 amide bonds. The van der Waals surface area contributed by atoms with Crippen LogP contribution in [0.5, 0.6) is 0 Å². The molecule has 0 atom stereocenters. The maximum absolute atomic E-state index is 13.4. The number of nitrogens with zero attached hydrogens (tertiary/aromatic N) is 1. The molecule has 0 bridgehead atoms. The fourth-order valence-corrected chi connectivity index (χ4v) is 1.89. The van der Waals surface area contributed by atoms with Gasteiger partial charge in [-0.15, -0.1) is 0 Å². The van der Waals surface area contributed by atoms with Crippen LogP contribution in [-0.4, -0.2) is 9.55 Å². The molecule has 1 heterocycles. The highest BCUT2D eigenvalue weighted by Gasteiger charge is 2.13. The highest BCUT2D eigenvalue weighted by molar-refractivity contribution is 6.29. The number of nitrogens with one attached hydrogen (secondary N) is 1. The number of hydrogen-bond acceptors (Lipinski definition) is 2. The summed E-state index contributed by atoms with van der Waals surface area (Å²) in [6, 6.07) is 6.77. The summed E-state index contributed by atoms with van der Waals surface area (Å²) in [4.78, 5) is 25.5. The van der Waals surface area contributed by atoms with E-state index in [0.29, 0.717) is 16.2 Å². The van der Waals surface area contributed by atoms with Gasteiger partial charge in [-0.1, -0.05) is 37.6 Å². The molecule has 0 aliphatic rings. The molecule has 0 fully saturated rings. The van der Waals surface area contributed by atoms with Crippen LogP contribution >= 0.6 is 11.6 Å². The molecule has 0 spiro atoms. The van der Waals surface area contributed by atoms with Gasteiger partial charge in [0.1, 0.15) is 0 Å². The molecular formula is C13H12ClFN2O2. The lowest BCUT2D eigenvalue weighted by molar-refractivity contribution is 0.584. The van der Waals surface area contributed by atoms with E-state index in [-0.39, 0.29) is 0 Å². The van der Waals surface area contributed by atoms with Gasteiger partial charge in [-0.3, -0.25) is 9.78 Å². The molecular weight excluding hydrogens is 271 g/mol. The zero-order valence-electron chi connectivity index (χ0n) is 10.4. The summed E-state index contributed by atoms with van der Waals surface area (Å²) < 4.78 is 14.1. The standard InChI is InChI=1S/C13H12ClFN2O2/c1-7(2)8-3-5-9(6-4-8)17-12(18)10(15)11(14)16-13(17)19/h3-7H,1-2H3,(H,16,19). The van der Waals surface area contributed by atoms with Gasteiger partial charge in [0.2, 0.25) is 5.82 Å². The molecule has 1 N–H and O–H groups in total. The van der Waals surface area contributed by atoms with Crippen molar-refractivity contribution in [3.63, 3.8) is 0 Å². The SMILES string of the molecule is CC(C)c1ccc(-n2c(=O)[nH]c(Cl)c(F)c2=O)cc1. The largest absolute Gasteiger partial charge is 0.334 e. The third-order valence-electron chi connectivity index (χ3n) is 2.82. The molecule has 0 aliphatic carbocycles. The molecule has 100 valence electrons. The molecule has 19 heavy (non-hydrogen) atoms. The first-order valence-electron chi connectivity index (χ1n) is 5.72. The van der Waals surface area contributed by atoms with Crippen molar-refractivity contribution in [1.82, 2.24) is 9.55 Å². The molecule has 1 aromatic carbocycles. The average Bonchev–Trinajstić information content (AvgIpc) is 2.37. The number of halogens is 2. The third kappa shape index (κ3) is 2.46. The molecule has 0 unspecified atom stereocenters. The summed E-state index contributed by atoms with van der Waals surface area (Å²) in [6.45, 7) is 4.05. The van der Waals surface area contributed by atoms with E-state index in [4.69, 9.17) is 11.6 Å². The molecule has 1 aromatic heterocycles. The van der Waals surface area contributed by atoms with Gasteiger partial charge in [0.05, 0.1) is 5.69 Å². The summed E-state index contributed by atoms with van der Waals surface area (Å²) in [5, 5.41) is -0.579. The zero-order valence-corrected chi connectivity index (χ0v) is 11.2. The van der Waals surface area contributed by atoms with Crippen LogP contribution in [0.3, 0.4) is 0 Å². The molecule has 0 saturated carbocycles. The van der Waals surface area contributed by atoms with Crippen molar-refractivity contribution in [1.29, 1.82) is 0 Å². The maximum atomic E-state index is 13.4. The third-order valence-corrected chi connectivity index (χ3v) is 3.08. The number of aromatic amines is 1. The second kappa shape index (κ2) is 5.01. The first-order chi connectivity index (χ1) is 8.91.